The van der Waals surface area contributed by atoms with Gasteiger partial charge < -0.3 is 4.42 Å². The lowest BCUT2D eigenvalue weighted by Gasteiger charge is -1.95. The minimum atomic E-state index is -0.570. The number of thiazole rings is 1. The van der Waals surface area contributed by atoms with Gasteiger partial charge in [-0.3, -0.25) is 0 Å². The number of aromatic nitrogens is 3. The standard InChI is InChI=1S/C16H10FN3O2S2/c17-12-3-1-10(2-4-12)14-19-20(16(21)22-14)7-13-9-24-15(18-13)11-5-6-23-8-11/h1-6,8-9H,7H2. The summed E-state index contributed by atoms with van der Waals surface area (Å²) in [5.74, 6) is -0.767. The monoisotopic (exact) mass is 359 g/mol. The fourth-order valence-electron chi connectivity index (χ4n) is 2.17. The molecule has 4 aromatic rings. The summed E-state index contributed by atoms with van der Waals surface area (Å²) in [6, 6.07) is 7.62. The molecule has 0 saturated heterocycles. The number of nitrogens with zero attached hydrogens (tertiary/aromatic N) is 3. The van der Waals surface area contributed by atoms with Crippen LogP contribution in [0.15, 0.2) is 55.7 Å². The van der Waals surface area contributed by atoms with Gasteiger partial charge in [-0.25, -0.2) is 14.2 Å². The van der Waals surface area contributed by atoms with Gasteiger partial charge in [0.05, 0.1) is 12.2 Å². The molecule has 0 atom stereocenters. The molecule has 120 valence electrons. The van der Waals surface area contributed by atoms with Crippen LogP contribution < -0.4 is 5.76 Å². The molecule has 0 saturated carbocycles. The molecule has 0 spiro atoms. The van der Waals surface area contributed by atoms with E-state index in [1.165, 1.54) is 40.3 Å². The van der Waals surface area contributed by atoms with Crippen LogP contribution in [0, 0.1) is 5.82 Å². The second kappa shape index (κ2) is 6.14. The molecular formula is C16H10FN3O2S2. The van der Waals surface area contributed by atoms with Crippen molar-refractivity contribution < 1.29 is 8.81 Å². The average molecular weight is 359 g/mol. The van der Waals surface area contributed by atoms with Crippen molar-refractivity contribution in [2.24, 2.45) is 0 Å². The van der Waals surface area contributed by atoms with Crippen LogP contribution in [-0.2, 0) is 6.54 Å². The lowest BCUT2D eigenvalue weighted by Crippen LogP contribution is -2.16. The summed E-state index contributed by atoms with van der Waals surface area (Å²) in [4.78, 5) is 16.5. The minimum absolute atomic E-state index is 0.160. The predicted molar refractivity (Wildman–Crippen MR) is 90.7 cm³/mol. The Morgan fingerprint density at radius 1 is 1.12 bits per heavy atom. The molecule has 0 fully saturated rings. The number of benzene rings is 1. The molecule has 5 nitrogen and oxygen atoms in total. The first-order chi connectivity index (χ1) is 11.7. The van der Waals surface area contributed by atoms with Gasteiger partial charge in [-0.15, -0.1) is 16.4 Å². The molecule has 0 unspecified atom stereocenters. The number of hydrogen-bond acceptors (Lipinski definition) is 6. The summed E-state index contributed by atoms with van der Waals surface area (Å²) in [7, 11) is 0. The zero-order valence-corrected chi connectivity index (χ0v) is 13.8. The highest BCUT2D eigenvalue weighted by Gasteiger charge is 2.13. The van der Waals surface area contributed by atoms with Gasteiger partial charge in [-0.2, -0.15) is 16.0 Å². The lowest BCUT2D eigenvalue weighted by atomic mass is 10.2. The van der Waals surface area contributed by atoms with Gasteiger partial charge in [0.1, 0.15) is 10.8 Å². The van der Waals surface area contributed by atoms with Crippen LogP contribution in [-0.4, -0.2) is 14.8 Å². The molecule has 3 aromatic heterocycles. The van der Waals surface area contributed by atoms with E-state index in [-0.39, 0.29) is 18.3 Å². The third-order valence-electron chi connectivity index (χ3n) is 3.33. The van der Waals surface area contributed by atoms with E-state index < -0.39 is 5.76 Å². The molecule has 3 heterocycles. The first-order valence-electron chi connectivity index (χ1n) is 7.00. The normalized spacial score (nSPS) is 11.0. The van der Waals surface area contributed by atoms with Crippen molar-refractivity contribution in [3.8, 4) is 22.0 Å². The van der Waals surface area contributed by atoms with Crippen LogP contribution in [0.25, 0.3) is 22.0 Å². The van der Waals surface area contributed by atoms with E-state index in [0.717, 1.165) is 16.3 Å². The van der Waals surface area contributed by atoms with Crippen LogP contribution in [0.3, 0.4) is 0 Å². The van der Waals surface area contributed by atoms with Crippen LogP contribution in [0.5, 0.6) is 0 Å². The molecular weight excluding hydrogens is 349 g/mol. The summed E-state index contributed by atoms with van der Waals surface area (Å²) in [5.41, 5.74) is 2.35. The first-order valence-corrected chi connectivity index (χ1v) is 8.82. The molecule has 24 heavy (non-hydrogen) atoms. The smallest absolute Gasteiger partial charge is 0.388 e. The lowest BCUT2D eigenvalue weighted by molar-refractivity contribution is 0.493. The topological polar surface area (TPSA) is 60.9 Å². The number of hydrogen-bond donors (Lipinski definition) is 0. The van der Waals surface area contributed by atoms with Crippen molar-refractivity contribution in [2.45, 2.75) is 6.54 Å². The maximum Gasteiger partial charge on any atom is 0.437 e. The Labute approximate surface area is 143 Å². The summed E-state index contributed by atoms with van der Waals surface area (Å²) < 4.78 is 19.3. The van der Waals surface area contributed by atoms with Crippen LogP contribution in [0.1, 0.15) is 5.69 Å². The summed E-state index contributed by atoms with van der Waals surface area (Å²) in [6.07, 6.45) is 0. The molecule has 0 aliphatic heterocycles. The quantitative estimate of drug-likeness (QED) is 0.555. The van der Waals surface area contributed by atoms with Gasteiger partial charge in [0.25, 0.3) is 0 Å². The van der Waals surface area contributed by atoms with Crippen LogP contribution >= 0.6 is 22.7 Å². The van der Waals surface area contributed by atoms with Gasteiger partial charge in [0, 0.05) is 21.9 Å². The zero-order chi connectivity index (χ0) is 16.5. The Bertz CT molecular complexity index is 1020. The van der Waals surface area contributed by atoms with Crippen molar-refractivity contribution in [1.29, 1.82) is 0 Å². The molecule has 0 radical (unpaired) electrons. The van der Waals surface area contributed by atoms with E-state index in [9.17, 15) is 9.18 Å². The highest BCUT2D eigenvalue weighted by Crippen LogP contribution is 2.26. The molecule has 1 aromatic carbocycles. The third kappa shape index (κ3) is 2.93. The molecule has 0 aliphatic rings. The van der Waals surface area contributed by atoms with Crippen molar-refractivity contribution in [3.05, 3.63) is 68.5 Å². The van der Waals surface area contributed by atoms with Crippen molar-refractivity contribution >= 4 is 22.7 Å². The van der Waals surface area contributed by atoms with E-state index in [0.29, 0.717) is 5.56 Å². The second-order valence-electron chi connectivity index (χ2n) is 4.99. The molecule has 0 N–H and O–H groups in total. The number of rotatable bonds is 4. The van der Waals surface area contributed by atoms with Gasteiger partial charge in [0.2, 0.25) is 5.89 Å². The van der Waals surface area contributed by atoms with Crippen LogP contribution in [0.2, 0.25) is 0 Å². The predicted octanol–water partition coefficient (Wildman–Crippen LogP) is 3.88. The van der Waals surface area contributed by atoms with Crippen molar-refractivity contribution in [3.63, 3.8) is 0 Å². The maximum atomic E-state index is 13.0. The van der Waals surface area contributed by atoms with Gasteiger partial charge in [-0.05, 0) is 35.7 Å². The molecule has 8 heteroatoms. The van der Waals surface area contributed by atoms with Crippen molar-refractivity contribution in [1.82, 2.24) is 14.8 Å². The Hall–Kier alpha value is -2.58. The average Bonchev–Trinajstić information content (AvgIpc) is 3.30. The molecule has 0 bridgehead atoms. The maximum absolute atomic E-state index is 13.0. The molecule has 4 rings (SSSR count). The highest BCUT2D eigenvalue weighted by molar-refractivity contribution is 7.14. The zero-order valence-electron chi connectivity index (χ0n) is 12.2. The summed E-state index contributed by atoms with van der Waals surface area (Å²) in [5, 5.41) is 11.0. The third-order valence-corrected chi connectivity index (χ3v) is 4.95. The van der Waals surface area contributed by atoms with Gasteiger partial charge in [0.15, 0.2) is 0 Å². The summed E-state index contributed by atoms with van der Waals surface area (Å²) >= 11 is 3.13. The highest BCUT2D eigenvalue weighted by atomic mass is 32.1. The Morgan fingerprint density at radius 3 is 2.71 bits per heavy atom. The van der Waals surface area contributed by atoms with Crippen molar-refractivity contribution in [2.75, 3.05) is 0 Å². The molecule has 0 amide bonds. The van der Waals surface area contributed by atoms with Crippen LogP contribution in [0.4, 0.5) is 4.39 Å². The fraction of sp³-hybridized carbons (Fsp3) is 0.0625. The molecule has 0 aliphatic carbocycles. The second-order valence-corrected chi connectivity index (χ2v) is 6.63. The van der Waals surface area contributed by atoms with E-state index in [1.54, 1.807) is 11.3 Å². The minimum Gasteiger partial charge on any atom is -0.388 e. The van der Waals surface area contributed by atoms with Gasteiger partial charge >= 0.3 is 5.76 Å². The first kappa shape index (κ1) is 15.0. The van der Waals surface area contributed by atoms with E-state index in [2.05, 4.69) is 10.1 Å². The SMILES string of the molecule is O=c1oc(-c2ccc(F)cc2)nn1Cc1csc(-c2ccsc2)n1. The van der Waals surface area contributed by atoms with E-state index in [1.807, 2.05) is 22.2 Å². The largest absolute Gasteiger partial charge is 0.437 e. The summed E-state index contributed by atoms with van der Waals surface area (Å²) in [6.45, 7) is 0.226. The van der Waals surface area contributed by atoms with E-state index >= 15 is 0 Å². The number of thiophene rings is 1. The number of halogens is 1. The Kier molecular flexibility index (Phi) is 3.83. The fourth-order valence-corrected chi connectivity index (χ4v) is 3.69. The Morgan fingerprint density at radius 2 is 1.96 bits per heavy atom. The van der Waals surface area contributed by atoms with E-state index in [4.69, 9.17) is 4.42 Å². The Balaban J connectivity index is 1.59. The van der Waals surface area contributed by atoms with Gasteiger partial charge in [-0.1, -0.05) is 0 Å².